The normalized spacial score (nSPS) is 16.6. The van der Waals surface area contributed by atoms with Gasteiger partial charge in [-0.25, -0.2) is 0 Å². The second kappa shape index (κ2) is 4.29. The molecule has 2 aliphatic rings. The first-order valence-electron chi connectivity index (χ1n) is 8.04. The molecule has 0 N–H and O–H groups in total. The molecule has 1 aliphatic carbocycles. The molecule has 3 aromatic rings. The van der Waals surface area contributed by atoms with Crippen molar-refractivity contribution in [1.82, 2.24) is 0 Å². The van der Waals surface area contributed by atoms with Crippen LogP contribution in [0.2, 0.25) is 0 Å². The quantitative estimate of drug-likeness (QED) is 0.444. The highest BCUT2D eigenvalue weighted by molar-refractivity contribution is 6.73. The molecule has 2 heteroatoms. The molecule has 5 rings (SSSR count). The van der Waals surface area contributed by atoms with Gasteiger partial charge < -0.3 is 4.42 Å². The van der Waals surface area contributed by atoms with E-state index in [-0.39, 0.29) is 5.41 Å². The van der Waals surface area contributed by atoms with E-state index in [0.717, 1.165) is 11.3 Å². The van der Waals surface area contributed by atoms with Crippen molar-refractivity contribution >= 4 is 41.3 Å². The number of benzene rings is 2. The summed E-state index contributed by atoms with van der Waals surface area (Å²) in [4.78, 5) is 0. The fraction of sp³-hybridized carbons (Fsp3) is 0.143. The minimum absolute atomic E-state index is 0.0605. The largest absolute Gasteiger partial charge is 0.456 e. The lowest BCUT2D eigenvalue weighted by Crippen LogP contribution is -2.20. The van der Waals surface area contributed by atoms with Crippen LogP contribution in [-0.4, -0.2) is 7.28 Å². The third kappa shape index (κ3) is 1.88. The molecule has 0 bridgehead atoms. The fourth-order valence-corrected chi connectivity index (χ4v) is 3.52. The summed E-state index contributed by atoms with van der Waals surface area (Å²) >= 11 is 0. The van der Waals surface area contributed by atoms with Gasteiger partial charge in [0.1, 0.15) is 11.3 Å². The van der Waals surface area contributed by atoms with E-state index in [1.807, 2.05) is 0 Å². The summed E-state index contributed by atoms with van der Waals surface area (Å²) in [6, 6.07) is 13.0. The monoisotopic (exact) mass is 295 g/mol. The van der Waals surface area contributed by atoms with E-state index in [2.05, 4.69) is 81.8 Å². The molecule has 0 amide bonds. The Hall–Kier alpha value is -2.48. The van der Waals surface area contributed by atoms with Crippen molar-refractivity contribution in [1.29, 1.82) is 0 Å². The molecule has 1 aromatic heterocycles. The lowest BCUT2D eigenvalue weighted by Gasteiger charge is -2.12. The van der Waals surface area contributed by atoms with Gasteiger partial charge in [-0.15, -0.1) is 0 Å². The zero-order chi connectivity index (χ0) is 15.6. The van der Waals surface area contributed by atoms with Crippen LogP contribution in [0.1, 0.15) is 25.2 Å². The molecule has 0 saturated heterocycles. The Labute approximate surface area is 136 Å². The van der Waals surface area contributed by atoms with Crippen molar-refractivity contribution in [3.05, 3.63) is 59.9 Å². The molecule has 1 radical (unpaired) electrons. The Kier molecular flexibility index (Phi) is 2.43. The highest BCUT2D eigenvalue weighted by Crippen LogP contribution is 2.36. The van der Waals surface area contributed by atoms with Crippen LogP contribution in [0.25, 0.3) is 34.2 Å². The number of hydrogen-bond donors (Lipinski definition) is 0. The van der Waals surface area contributed by atoms with E-state index in [9.17, 15) is 0 Å². The Morgan fingerprint density at radius 1 is 0.913 bits per heavy atom. The van der Waals surface area contributed by atoms with Crippen LogP contribution in [0.3, 0.4) is 0 Å². The van der Waals surface area contributed by atoms with Gasteiger partial charge >= 0.3 is 0 Å². The van der Waals surface area contributed by atoms with Crippen molar-refractivity contribution in [3.63, 3.8) is 0 Å². The number of fused-ring (bicyclic) bond motifs is 6. The lowest BCUT2D eigenvalue weighted by atomic mass is 9.68. The molecular formula is C21H16BO. The average molecular weight is 295 g/mol. The molecule has 1 nitrogen and oxygen atoms in total. The van der Waals surface area contributed by atoms with Crippen LogP contribution in [-0.2, 0) is 0 Å². The minimum atomic E-state index is 0.0605. The molecule has 2 heterocycles. The van der Waals surface area contributed by atoms with Gasteiger partial charge in [0.25, 0.3) is 0 Å². The van der Waals surface area contributed by atoms with Gasteiger partial charge in [0.2, 0.25) is 0 Å². The van der Waals surface area contributed by atoms with Crippen molar-refractivity contribution in [2.75, 3.05) is 0 Å². The third-order valence-corrected chi connectivity index (χ3v) is 4.83. The summed E-state index contributed by atoms with van der Waals surface area (Å²) in [5.74, 6) is 0.957. The zero-order valence-electron chi connectivity index (χ0n) is 13.3. The number of allylic oxidation sites excluding steroid dienone is 2. The summed E-state index contributed by atoms with van der Waals surface area (Å²) in [6.45, 7) is 4.41. The van der Waals surface area contributed by atoms with E-state index >= 15 is 0 Å². The Bertz CT molecular complexity index is 1020. The number of hydrogen-bond acceptors (Lipinski definition) is 1. The van der Waals surface area contributed by atoms with Crippen LogP contribution in [0.5, 0.6) is 0 Å². The van der Waals surface area contributed by atoms with Gasteiger partial charge in [0.15, 0.2) is 7.28 Å². The summed E-state index contributed by atoms with van der Waals surface area (Å²) in [6.07, 6.45) is 8.76. The maximum atomic E-state index is 6.13. The molecular weight excluding hydrogens is 279 g/mol. The number of furan rings is 1. The molecule has 2 aromatic carbocycles. The molecule has 0 atom stereocenters. The molecule has 1 aliphatic heterocycles. The van der Waals surface area contributed by atoms with E-state index in [1.54, 1.807) is 0 Å². The van der Waals surface area contributed by atoms with E-state index in [1.165, 1.54) is 33.0 Å². The first kappa shape index (κ1) is 13.0. The summed E-state index contributed by atoms with van der Waals surface area (Å²) < 4.78 is 6.13. The predicted octanol–water partition coefficient (Wildman–Crippen LogP) is 4.13. The Morgan fingerprint density at radius 3 is 2.65 bits per heavy atom. The molecule has 23 heavy (non-hydrogen) atoms. The molecule has 0 unspecified atom stereocenters. The van der Waals surface area contributed by atoms with Crippen molar-refractivity contribution in [2.45, 2.75) is 13.8 Å². The van der Waals surface area contributed by atoms with E-state index in [0.29, 0.717) is 0 Å². The minimum Gasteiger partial charge on any atom is -0.456 e. The topological polar surface area (TPSA) is 13.1 Å². The van der Waals surface area contributed by atoms with E-state index in [4.69, 9.17) is 4.42 Å². The van der Waals surface area contributed by atoms with Gasteiger partial charge in [-0.05, 0) is 29.3 Å². The fourth-order valence-electron chi connectivity index (χ4n) is 3.52. The third-order valence-electron chi connectivity index (χ3n) is 4.83. The number of rotatable bonds is 0. The molecule has 0 spiro atoms. The molecule has 0 saturated carbocycles. The summed E-state index contributed by atoms with van der Waals surface area (Å²) in [5, 5.41) is 1.20. The van der Waals surface area contributed by atoms with Crippen molar-refractivity contribution < 1.29 is 4.42 Å². The maximum absolute atomic E-state index is 6.13. The SMILES string of the molecule is CC1(C)C=Cc2oc3cc4c(cc3c2C=C1)-c1ccccc1[B]4. The van der Waals surface area contributed by atoms with Crippen LogP contribution in [0, 0.1) is 5.41 Å². The van der Waals surface area contributed by atoms with Crippen LogP contribution >= 0.6 is 0 Å². The molecule has 109 valence electrons. The van der Waals surface area contributed by atoms with Gasteiger partial charge in [0, 0.05) is 16.4 Å². The van der Waals surface area contributed by atoms with Crippen molar-refractivity contribution in [2.24, 2.45) is 5.41 Å². The van der Waals surface area contributed by atoms with Gasteiger partial charge in [-0.3, -0.25) is 0 Å². The lowest BCUT2D eigenvalue weighted by molar-refractivity contribution is 0.600. The predicted molar refractivity (Wildman–Crippen MR) is 98.5 cm³/mol. The molecule has 0 fully saturated rings. The second-order valence-corrected chi connectivity index (χ2v) is 7.04. The Balaban J connectivity index is 1.78. The van der Waals surface area contributed by atoms with Crippen LogP contribution in [0.15, 0.2) is 53.0 Å². The summed E-state index contributed by atoms with van der Waals surface area (Å²) in [5.41, 5.74) is 7.37. The van der Waals surface area contributed by atoms with Crippen molar-refractivity contribution in [3.8, 4) is 11.1 Å². The zero-order valence-corrected chi connectivity index (χ0v) is 13.3. The highest BCUT2D eigenvalue weighted by atomic mass is 16.3. The Morgan fingerprint density at radius 2 is 1.74 bits per heavy atom. The average Bonchev–Trinajstić information content (AvgIpc) is 3.01. The first-order valence-corrected chi connectivity index (χ1v) is 8.04. The standard InChI is InChI=1S/C21H16BO/c1-21(2)9-7-14-16-11-15-13-5-3-4-6-17(13)22-18(15)12-20(16)23-19(14)8-10-21/h3-12H,1-2H3. The summed E-state index contributed by atoms with van der Waals surface area (Å²) in [7, 11) is 2.24. The van der Waals surface area contributed by atoms with Gasteiger partial charge in [0.05, 0.1) is 0 Å². The maximum Gasteiger partial charge on any atom is 0.193 e. The van der Waals surface area contributed by atoms with E-state index < -0.39 is 0 Å². The first-order chi connectivity index (χ1) is 11.1. The van der Waals surface area contributed by atoms with Gasteiger partial charge in [-0.1, -0.05) is 67.3 Å². The smallest absolute Gasteiger partial charge is 0.193 e. The van der Waals surface area contributed by atoms with Crippen LogP contribution in [0.4, 0.5) is 0 Å². The second-order valence-electron chi connectivity index (χ2n) is 7.04. The van der Waals surface area contributed by atoms with Gasteiger partial charge in [-0.2, -0.15) is 0 Å². The highest BCUT2D eigenvalue weighted by Gasteiger charge is 2.23. The van der Waals surface area contributed by atoms with Crippen LogP contribution < -0.4 is 10.9 Å².